The summed E-state index contributed by atoms with van der Waals surface area (Å²) in [6.07, 6.45) is -1.08. The monoisotopic (exact) mass is 472 g/mol. The van der Waals surface area contributed by atoms with Crippen LogP contribution in [0.15, 0.2) is 0 Å². The first kappa shape index (κ1) is 30.8. The summed E-state index contributed by atoms with van der Waals surface area (Å²) in [6, 6.07) is -2.07. The fourth-order valence-electron chi connectivity index (χ4n) is 3.92. The molecule has 9 heteroatoms. The predicted octanol–water partition coefficient (Wildman–Crippen LogP) is 2.40. The SMILES string of the molecule is CCCC(C)C(C(=O)O[C@@H](C(=O)N(C)[C@H](C(=O)O)C(C)C)C(C)C)N(C)C(=O)[C@H](O)C(C)C. The molecule has 0 rings (SSSR count). The minimum atomic E-state index is -1.27. The number of carboxylic acid groups (broad SMARTS) is 1. The number of esters is 1. The van der Waals surface area contributed by atoms with Gasteiger partial charge in [-0.3, -0.25) is 9.59 Å². The van der Waals surface area contributed by atoms with Crippen LogP contribution in [0.25, 0.3) is 0 Å². The Bertz CT molecular complexity index is 678. The van der Waals surface area contributed by atoms with E-state index in [2.05, 4.69) is 0 Å². The van der Waals surface area contributed by atoms with Gasteiger partial charge in [-0.05, 0) is 30.1 Å². The third kappa shape index (κ3) is 8.28. The summed E-state index contributed by atoms with van der Waals surface area (Å²) in [5, 5.41) is 19.8. The summed E-state index contributed by atoms with van der Waals surface area (Å²) in [7, 11) is 2.83. The van der Waals surface area contributed by atoms with E-state index in [9.17, 15) is 29.4 Å². The number of carbonyl (C=O) groups excluding carboxylic acids is 3. The first-order chi connectivity index (χ1) is 15.1. The van der Waals surface area contributed by atoms with Gasteiger partial charge in [0.2, 0.25) is 0 Å². The van der Waals surface area contributed by atoms with E-state index in [4.69, 9.17) is 4.74 Å². The number of likely N-dealkylation sites (N-methyl/N-ethyl adjacent to an activating group) is 2. The van der Waals surface area contributed by atoms with Crippen molar-refractivity contribution in [2.75, 3.05) is 14.1 Å². The van der Waals surface area contributed by atoms with Crippen molar-refractivity contribution >= 4 is 23.8 Å². The van der Waals surface area contributed by atoms with E-state index in [1.54, 1.807) is 41.5 Å². The van der Waals surface area contributed by atoms with Crippen molar-refractivity contribution in [3.8, 4) is 0 Å². The molecule has 0 aromatic rings. The molecule has 2 N–H and O–H groups in total. The first-order valence-corrected chi connectivity index (χ1v) is 11.7. The van der Waals surface area contributed by atoms with Gasteiger partial charge in [-0.15, -0.1) is 0 Å². The average Bonchev–Trinajstić information content (AvgIpc) is 2.69. The second-order valence-electron chi connectivity index (χ2n) is 9.93. The first-order valence-electron chi connectivity index (χ1n) is 11.7. The summed E-state index contributed by atoms with van der Waals surface area (Å²) in [5.41, 5.74) is 0. The molecule has 0 aromatic heterocycles. The molecule has 5 atom stereocenters. The van der Waals surface area contributed by atoms with Gasteiger partial charge in [-0.25, -0.2) is 9.59 Å². The lowest BCUT2D eigenvalue weighted by Gasteiger charge is -2.36. The molecular weight excluding hydrogens is 428 g/mol. The highest BCUT2D eigenvalue weighted by Crippen LogP contribution is 2.22. The number of aliphatic carboxylic acids is 1. The van der Waals surface area contributed by atoms with Crippen LogP contribution in [0.1, 0.15) is 68.2 Å². The molecule has 0 saturated heterocycles. The number of hydrogen-bond donors (Lipinski definition) is 2. The standard InChI is InChI=1S/C24H44N2O7/c1-11-12-16(8)18(26(10)21(28)19(27)14(4)5)24(32)33-20(15(6)7)22(29)25(9)17(13(2)3)23(30)31/h13-20,27H,11-12H2,1-10H3,(H,30,31)/t16?,17-,18?,19+,20+/m0/s1. The maximum absolute atomic E-state index is 13.3. The second kappa shape index (κ2) is 13.5. The number of amides is 2. The molecule has 192 valence electrons. The Balaban J connectivity index is 5.97. The van der Waals surface area contributed by atoms with E-state index in [1.807, 2.05) is 13.8 Å². The van der Waals surface area contributed by atoms with E-state index in [0.29, 0.717) is 6.42 Å². The molecule has 0 aliphatic rings. The van der Waals surface area contributed by atoms with Gasteiger partial charge < -0.3 is 24.7 Å². The van der Waals surface area contributed by atoms with Gasteiger partial charge in [0.1, 0.15) is 18.2 Å². The highest BCUT2D eigenvalue weighted by Gasteiger charge is 2.41. The van der Waals surface area contributed by atoms with Gasteiger partial charge in [0.25, 0.3) is 11.8 Å². The third-order valence-corrected chi connectivity index (χ3v) is 5.92. The Morgan fingerprint density at radius 1 is 0.788 bits per heavy atom. The Morgan fingerprint density at radius 3 is 1.64 bits per heavy atom. The normalized spacial score (nSPS) is 16.2. The largest absolute Gasteiger partial charge is 0.480 e. The van der Waals surface area contributed by atoms with Crippen LogP contribution in [0.2, 0.25) is 0 Å². The molecular formula is C24H44N2O7. The van der Waals surface area contributed by atoms with Crippen molar-refractivity contribution in [3.05, 3.63) is 0 Å². The van der Waals surface area contributed by atoms with E-state index in [0.717, 1.165) is 11.3 Å². The van der Waals surface area contributed by atoms with Crippen molar-refractivity contribution in [1.29, 1.82) is 0 Å². The quantitative estimate of drug-likeness (QED) is 0.394. The van der Waals surface area contributed by atoms with E-state index in [1.165, 1.54) is 19.0 Å². The number of carboxylic acids is 1. The van der Waals surface area contributed by atoms with Gasteiger partial charge >= 0.3 is 11.9 Å². The van der Waals surface area contributed by atoms with Crippen LogP contribution >= 0.6 is 0 Å². The molecule has 0 bridgehead atoms. The molecule has 2 amide bonds. The summed E-state index contributed by atoms with van der Waals surface area (Å²) in [6.45, 7) is 14.0. The molecule has 2 unspecified atom stereocenters. The predicted molar refractivity (Wildman–Crippen MR) is 125 cm³/mol. The molecule has 0 heterocycles. The van der Waals surface area contributed by atoms with Gasteiger partial charge in [0.05, 0.1) is 0 Å². The Labute approximate surface area is 198 Å². The summed E-state index contributed by atoms with van der Waals surface area (Å²) in [5.74, 6) is -4.48. The number of aliphatic hydroxyl groups is 1. The molecule has 0 aliphatic carbocycles. The molecule has 0 radical (unpaired) electrons. The molecule has 0 fully saturated rings. The maximum atomic E-state index is 13.3. The highest BCUT2D eigenvalue weighted by atomic mass is 16.6. The fourth-order valence-corrected chi connectivity index (χ4v) is 3.92. The van der Waals surface area contributed by atoms with Crippen molar-refractivity contribution in [2.24, 2.45) is 23.7 Å². The molecule has 0 spiro atoms. The summed E-state index contributed by atoms with van der Waals surface area (Å²) >= 11 is 0. The van der Waals surface area contributed by atoms with Crippen LogP contribution < -0.4 is 0 Å². The Kier molecular flexibility index (Phi) is 12.6. The van der Waals surface area contributed by atoms with E-state index < -0.39 is 54.0 Å². The maximum Gasteiger partial charge on any atom is 0.329 e. The van der Waals surface area contributed by atoms with Crippen molar-refractivity contribution in [3.63, 3.8) is 0 Å². The van der Waals surface area contributed by atoms with Crippen LogP contribution in [-0.4, -0.2) is 82.2 Å². The van der Waals surface area contributed by atoms with Crippen LogP contribution in [-0.2, 0) is 23.9 Å². The Morgan fingerprint density at radius 2 is 1.27 bits per heavy atom. The zero-order valence-corrected chi connectivity index (χ0v) is 21.9. The lowest BCUT2D eigenvalue weighted by Crippen LogP contribution is -2.55. The smallest absolute Gasteiger partial charge is 0.329 e. The average molecular weight is 473 g/mol. The molecule has 33 heavy (non-hydrogen) atoms. The van der Waals surface area contributed by atoms with E-state index in [-0.39, 0.29) is 17.8 Å². The zero-order chi connectivity index (χ0) is 26.2. The van der Waals surface area contributed by atoms with Crippen LogP contribution in [0.3, 0.4) is 0 Å². The lowest BCUT2D eigenvalue weighted by atomic mass is 9.94. The van der Waals surface area contributed by atoms with Crippen molar-refractivity contribution < 1.29 is 34.1 Å². The topological polar surface area (TPSA) is 124 Å². The van der Waals surface area contributed by atoms with Crippen molar-refractivity contribution in [1.82, 2.24) is 9.80 Å². The minimum Gasteiger partial charge on any atom is -0.480 e. The van der Waals surface area contributed by atoms with Crippen LogP contribution in [0.4, 0.5) is 0 Å². The van der Waals surface area contributed by atoms with Gasteiger partial charge in [-0.1, -0.05) is 61.8 Å². The second-order valence-corrected chi connectivity index (χ2v) is 9.93. The number of ether oxygens (including phenoxy) is 1. The van der Waals surface area contributed by atoms with Crippen LogP contribution in [0, 0.1) is 23.7 Å². The summed E-state index contributed by atoms with van der Waals surface area (Å²) < 4.78 is 5.65. The van der Waals surface area contributed by atoms with Crippen LogP contribution in [0.5, 0.6) is 0 Å². The van der Waals surface area contributed by atoms with Gasteiger partial charge in [0.15, 0.2) is 6.10 Å². The van der Waals surface area contributed by atoms with Gasteiger partial charge in [-0.2, -0.15) is 0 Å². The number of nitrogens with zero attached hydrogens (tertiary/aromatic N) is 2. The van der Waals surface area contributed by atoms with Crippen molar-refractivity contribution in [2.45, 2.75) is 92.5 Å². The number of rotatable bonds is 13. The molecule has 9 nitrogen and oxygen atoms in total. The summed E-state index contributed by atoms with van der Waals surface area (Å²) in [4.78, 5) is 53.2. The highest BCUT2D eigenvalue weighted by molar-refractivity contribution is 5.90. The molecule has 0 aliphatic heterocycles. The fraction of sp³-hybridized carbons (Fsp3) is 0.833. The number of aliphatic hydroxyl groups excluding tert-OH is 1. The third-order valence-electron chi connectivity index (χ3n) is 5.92. The number of hydrogen-bond acceptors (Lipinski definition) is 6. The van der Waals surface area contributed by atoms with E-state index >= 15 is 0 Å². The zero-order valence-electron chi connectivity index (χ0n) is 21.9. The number of carbonyl (C=O) groups is 4. The lowest BCUT2D eigenvalue weighted by molar-refractivity contribution is -0.173. The molecule has 0 saturated carbocycles. The van der Waals surface area contributed by atoms with Gasteiger partial charge in [0, 0.05) is 14.1 Å². The molecule has 0 aromatic carbocycles. The Hall–Kier alpha value is -2.16. The minimum absolute atomic E-state index is 0.279.